The second-order valence-electron chi connectivity index (χ2n) is 5.70. The van der Waals surface area contributed by atoms with E-state index < -0.39 is 11.7 Å². The molecule has 3 rings (SSSR count). The van der Waals surface area contributed by atoms with Gasteiger partial charge in [-0.25, -0.2) is 5.10 Å². The first kappa shape index (κ1) is 18.1. The maximum absolute atomic E-state index is 13.2. The highest BCUT2D eigenvalue weighted by atomic mass is 32.2. The molecule has 0 radical (unpaired) electrons. The molecule has 1 heterocycles. The van der Waals surface area contributed by atoms with E-state index in [1.807, 2.05) is 26.0 Å². The van der Waals surface area contributed by atoms with Crippen LogP contribution >= 0.6 is 11.8 Å². The van der Waals surface area contributed by atoms with Crippen molar-refractivity contribution >= 4 is 29.3 Å². The Bertz CT molecular complexity index is 913. The molecule has 1 aromatic heterocycles. The van der Waals surface area contributed by atoms with Gasteiger partial charge in [-0.2, -0.15) is 18.2 Å². The number of nitrogen functional groups attached to an aromatic ring is 1. The largest absolute Gasteiger partial charge is 0.417 e. The summed E-state index contributed by atoms with van der Waals surface area (Å²) in [5, 5.41) is 9.43. The molecule has 136 valence electrons. The lowest BCUT2D eigenvalue weighted by atomic mass is 10.1. The van der Waals surface area contributed by atoms with E-state index in [1.165, 1.54) is 12.1 Å². The minimum atomic E-state index is -4.39. The number of aromatic amines is 1. The number of nitrogens with zero attached hydrogens (tertiary/aromatic N) is 2. The first-order valence-corrected chi connectivity index (χ1v) is 8.46. The van der Waals surface area contributed by atoms with Crippen LogP contribution in [0.15, 0.2) is 46.2 Å². The molecule has 2 aromatic carbocycles. The van der Waals surface area contributed by atoms with Crippen molar-refractivity contribution in [3.05, 3.63) is 53.1 Å². The zero-order chi connectivity index (χ0) is 18.9. The fourth-order valence-electron chi connectivity index (χ4n) is 2.54. The summed E-state index contributed by atoms with van der Waals surface area (Å²) in [6.07, 6.45) is -4.39. The summed E-state index contributed by atoms with van der Waals surface area (Å²) in [5.41, 5.74) is 7.27. The van der Waals surface area contributed by atoms with Crippen LogP contribution in [0, 0.1) is 13.8 Å². The summed E-state index contributed by atoms with van der Waals surface area (Å²) in [5.74, 6) is 0.515. The van der Waals surface area contributed by atoms with Gasteiger partial charge in [0, 0.05) is 15.5 Å². The molecule has 9 heteroatoms. The van der Waals surface area contributed by atoms with Crippen LogP contribution in [-0.2, 0) is 6.18 Å². The van der Waals surface area contributed by atoms with Crippen molar-refractivity contribution in [2.45, 2.75) is 29.8 Å². The van der Waals surface area contributed by atoms with Gasteiger partial charge in [-0.3, -0.25) is 0 Å². The van der Waals surface area contributed by atoms with Gasteiger partial charge in [-0.1, -0.05) is 23.9 Å². The van der Waals surface area contributed by atoms with Crippen molar-refractivity contribution in [1.82, 2.24) is 15.2 Å². The lowest BCUT2D eigenvalue weighted by Crippen LogP contribution is -2.06. The summed E-state index contributed by atoms with van der Waals surface area (Å²) in [4.78, 5) is 4.92. The fraction of sp³-hybridized carbons (Fsp3) is 0.176. The number of halogens is 3. The first-order chi connectivity index (χ1) is 12.2. The van der Waals surface area contributed by atoms with E-state index in [-0.39, 0.29) is 10.8 Å². The molecule has 0 aliphatic heterocycles. The van der Waals surface area contributed by atoms with Crippen molar-refractivity contribution < 1.29 is 13.2 Å². The van der Waals surface area contributed by atoms with E-state index in [0.717, 1.165) is 39.5 Å². The highest BCUT2D eigenvalue weighted by molar-refractivity contribution is 7.99. The number of alkyl halides is 3. The molecule has 3 aromatic rings. The molecule has 5 nitrogen and oxygen atoms in total. The Morgan fingerprint density at radius 2 is 1.77 bits per heavy atom. The minimum Gasteiger partial charge on any atom is -0.368 e. The lowest BCUT2D eigenvalue weighted by Gasteiger charge is -2.16. The second kappa shape index (κ2) is 6.91. The smallest absolute Gasteiger partial charge is 0.368 e. The average Bonchev–Trinajstić information content (AvgIpc) is 2.95. The number of hydrogen-bond donors (Lipinski definition) is 3. The number of nitrogens with two attached hydrogens (primary N) is 1. The van der Waals surface area contributed by atoms with Gasteiger partial charge < -0.3 is 11.1 Å². The molecule has 0 bridgehead atoms. The van der Waals surface area contributed by atoms with Gasteiger partial charge in [0.05, 0.1) is 5.56 Å². The Hall–Kier alpha value is -2.68. The number of hydrogen-bond acceptors (Lipinski definition) is 5. The monoisotopic (exact) mass is 379 g/mol. The number of anilines is 3. The van der Waals surface area contributed by atoms with Crippen LogP contribution in [0.4, 0.5) is 30.8 Å². The van der Waals surface area contributed by atoms with Gasteiger partial charge in [0.2, 0.25) is 11.9 Å². The van der Waals surface area contributed by atoms with Crippen LogP contribution in [0.25, 0.3) is 0 Å². The second-order valence-corrected chi connectivity index (χ2v) is 6.76. The molecule has 0 atom stereocenters. The molecule has 0 unspecified atom stereocenters. The Morgan fingerprint density at radius 3 is 2.35 bits per heavy atom. The molecule has 0 fully saturated rings. The Morgan fingerprint density at radius 1 is 1.12 bits per heavy atom. The average molecular weight is 379 g/mol. The first-order valence-electron chi connectivity index (χ1n) is 7.64. The van der Waals surface area contributed by atoms with Crippen LogP contribution in [-0.4, -0.2) is 15.2 Å². The van der Waals surface area contributed by atoms with Gasteiger partial charge in [0.25, 0.3) is 0 Å². The molecule has 0 spiro atoms. The number of rotatable bonds is 4. The van der Waals surface area contributed by atoms with Crippen molar-refractivity contribution in [2.24, 2.45) is 0 Å². The molecule has 0 aliphatic carbocycles. The third kappa shape index (κ3) is 3.93. The maximum Gasteiger partial charge on any atom is 0.417 e. The highest BCUT2D eigenvalue weighted by Crippen LogP contribution is 2.41. The van der Waals surface area contributed by atoms with Crippen molar-refractivity contribution in [2.75, 3.05) is 11.1 Å². The van der Waals surface area contributed by atoms with E-state index in [1.54, 1.807) is 6.07 Å². The zero-order valence-corrected chi connectivity index (χ0v) is 14.8. The number of H-pyrrole nitrogens is 1. The molecule has 0 amide bonds. The van der Waals surface area contributed by atoms with Crippen LogP contribution in [0.5, 0.6) is 0 Å². The third-order valence-corrected chi connectivity index (χ3v) is 5.05. The van der Waals surface area contributed by atoms with Gasteiger partial charge in [0.15, 0.2) is 0 Å². The van der Waals surface area contributed by atoms with Crippen LogP contribution < -0.4 is 11.1 Å². The molecular weight excluding hydrogens is 363 g/mol. The number of aryl methyl sites for hydroxylation is 2. The molecular formula is C17H16F3N5S. The van der Waals surface area contributed by atoms with E-state index in [9.17, 15) is 13.2 Å². The van der Waals surface area contributed by atoms with E-state index in [0.29, 0.717) is 5.95 Å². The summed E-state index contributed by atoms with van der Waals surface area (Å²) in [7, 11) is 0. The van der Waals surface area contributed by atoms with E-state index >= 15 is 0 Å². The Kier molecular flexibility index (Phi) is 4.82. The van der Waals surface area contributed by atoms with Crippen LogP contribution in [0.1, 0.15) is 16.7 Å². The molecule has 0 saturated heterocycles. The molecule has 26 heavy (non-hydrogen) atoms. The predicted molar refractivity (Wildman–Crippen MR) is 95.6 cm³/mol. The van der Waals surface area contributed by atoms with Gasteiger partial charge in [0.1, 0.15) is 0 Å². The number of benzene rings is 2. The molecule has 4 N–H and O–H groups in total. The molecule has 0 aliphatic rings. The topological polar surface area (TPSA) is 79.6 Å². The quantitative estimate of drug-likeness (QED) is 0.600. The Balaban J connectivity index is 1.90. The fourth-order valence-corrected chi connectivity index (χ4v) is 3.64. The van der Waals surface area contributed by atoms with Gasteiger partial charge in [-0.15, -0.1) is 5.10 Å². The van der Waals surface area contributed by atoms with Crippen LogP contribution in [0.2, 0.25) is 0 Å². The summed E-state index contributed by atoms with van der Waals surface area (Å²) in [6, 6.07) is 9.23. The van der Waals surface area contributed by atoms with Crippen molar-refractivity contribution in [3.8, 4) is 0 Å². The number of aromatic nitrogens is 3. The predicted octanol–water partition coefficient (Wildman–Crippen LogP) is 4.92. The Labute approximate surface area is 152 Å². The summed E-state index contributed by atoms with van der Waals surface area (Å²) < 4.78 is 39.6. The minimum absolute atomic E-state index is 0.175. The van der Waals surface area contributed by atoms with Gasteiger partial charge in [-0.05, 0) is 49.2 Å². The van der Waals surface area contributed by atoms with Crippen molar-refractivity contribution in [1.29, 1.82) is 0 Å². The SMILES string of the molecule is Cc1cc(Nc2n[nH]c(N)n2)cc(C)c1Sc1ccccc1C(F)(F)F. The normalized spacial score (nSPS) is 11.6. The summed E-state index contributed by atoms with van der Waals surface area (Å²) >= 11 is 1.11. The summed E-state index contributed by atoms with van der Waals surface area (Å²) in [6.45, 7) is 3.70. The van der Waals surface area contributed by atoms with E-state index in [2.05, 4.69) is 20.5 Å². The van der Waals surface area contributed by atoms with Crippen molar-refractivity contribution in [3.63, 3.8) is 0 Å². The number of nitrogens with one attached hydrogen (secondary N) is 2. The maximum atomic E-state index is 13.2. The van der Waals surface area contributed by atoms with Crippen LogP contribution in [0.3, 0.4) is 0 Å². The molecule has 0 saturated carbocycles. The zero-order valence-electron chi connectivity index (χ0n) is 14.0. The van der Waals surface area contributed by atoms with E-state index in [4.69, 9.17) is 5.73 Å². The third-order valence-electron chi connectivity index (χ3n) is 3.62. The highest BCUT2D eigenvalue weighted by Gasteiger charge is 2.33. The van der Waals surface area contributed by atoms with Gasteiger partial charge >= 0.3 is 6.18 Å². The standard InChI is InChI=1S/C17H16F3N5S/c1-9-7-11(22-16-23-15(21)24-25-16)8-10(2)14(9)26-13-6-4-3-5-12(13)17(18,19)20/h3-8H,1-2H3,(H4,21,22,23,24,25). The lowest BCUT2D eigenvalue weighted by molar-refractivity contribution is -0.139.